The maximum absolute atomic E-state index is 12.9. The number of sulfone groups is 2. The summed E-state index contributed by atoms with van der Waals surface area (Å²) in [7, 11) is -4.49. The lowest BCUT2D eigenvalue weighted by Crippen LogP contribution is -2.17. The second kappa shape index (κ2) is 27.9. The highest BCUT2D eigenvalue weighted by Crippen LogP contribution is 2.37. The molecule has 0 fully saturated rings. The maximum Gasteiger partial charge on any atom is 0.339 e. The number of carboxylic acids is 1. The molecule has 6 rings (SSSR count). The number of hydrogen-bond acceptors (Lipinski definition) is 20. The number of benzene rings is 6. The van der Waals surface area contributed by atoms with Crippen LogP contribution in [0, 0.1) is 13.8 Å². The molecule has 0 aliphatic rings. The Labute approximate surface area is 453 Å². The van der Waals surface area contributed by atoms with Gasteiger partial charge in [-0.2, -0.15) is 16.8 Å². The average Bonchev–Trinajstić information content (AvgIpc) is 3.39. The predicted molar refractivity (Wildman–Crippen MR) is 288 cm³/mol. The van der Waals surface area contributed by atoms with E-state index in [1.165, 1.54) is 124 Å². The van der Waals surface area contributed by atoms with Gasteiger partial charge in [0, 0.05) is 29.7 Å². The van der Waals surface area contributed by atoms with Crippen molar-refractivity contribution in [2.75, 3.05) is 62.6 Å². The van der Waals surface area contributed by atoms with Crippen LogP contribution in [0.15, 0.2) is 124 Å². The molecule has 0 aromatic heterocycles. The van der Waals surface area contributed by atoms with Crippen molar-refractivity contribution >= 4 is 58.2 Å². The van der Waals surface area contributed by atoms with Gasteiger partial charge in [0.25, 0.3) is 0 Å². The van der Waals surface area contributed by atoms with Gasteiger partial charge in [0.05, 0.1) is 79.5 Å². The normalized spacial score (nSPS) is 11.4. The van der Waals surface area contributed by atoms with Gasteiger partial charge in [0.2, 0.25) is 0 Å². The summed E-state index contributed by atoms with van der Waals surface area (Å²) in [5.41, 5.74) is 3.03. The molecule has 0 bridgehead atoms. The number of carboxylic acid groups (broad SMARTS) is 1. The molecule has 0 atom stereocenters. The van der Waals surface area contributed by atoms with Gasteiger partial charge in [-0.15, -0.1) is 0 Å². The minimum Gasteiger partial charge on any atom is -0.496 e. The summed E-state index contributed by atoms with van der Waals surface area (Å²) in [6, 6.07) is 26.9. The lowest BCUT2D eigenvalue weighted by atomic mass is 10.1. The van der Waals surface area contributed by atoms with E-state index in [9.17, 15) is 43.3 Å². The summed E-state index contributed by atoms with van der Waals surface area (Å²) in [6.07, 6.45) is 2.06. The van der Waals surface area contributed by atoms with E-state index in [0.29, 0.717) is 57.5 Å². The van der Waals surface area contributed by atoms with E-state index in [4.69, 9.17) is 51.4 Å². The molecule has 78 heavy (non-hydrogen) atoms. The number of aryl methyl sites for hydroxylation is 2. The Kier molecular flexibility index (Phi) is 22.3. The molecular formula is C53H58O21S4. The van der Waals surface area contributed by atoms with E-state index in [0.717, 1.165) is 16.5 Å². The summed E-state index contributed by atoms with van der Waals surface area (Å²) in [6.45, 7) is 3.64. The first-order valence-electron chi connectivity index (χ1n) is 22.5. The van der Waals surface area contributed by atoms with Crippen LogP contribution in [-0.4, -0.2) is 114 Å². The van der Waals surface area contributed by atoms with Crippen molar-refractivity contribution in [3.8, 4) is 57.5 Å². The van der Waals surface area contributed by atoms with Crippen molar-refractivity contribution in [2.24, 2.45) is 0 Å². The van der Waals surface area contributed by atoms with E-state index in [2.05, 4.69) is 0 Å². The fourth-order valence-corrected chi connectivity index (χ4v) is 10.9. The van der Waals surface area contributed by atoms with Crippen LogP contribution in [0.25, 0.3) is 6.08 Å². The van der Waals surface area contributed by atoms with Crippen molar-refractivity contribution in [1.82, 2.24) is 0 Å². The topological polar surface area (TPSA) is 283 Å². The molecule has 0 aliphatic carbocycles. The van der Waals surface area contributed by atoms with Gasteiger partial charge >= 0.3 is 26.2 Å². The lowest BCUT2D eigenvalue weighted by Gasteiger charge is -2.13. The van der Waals surface area contributed by atoms with Gasteiger partial charge in [-0.3, -0.25) is 9.59 Å². The highest BCUT2D eigenvalue weighted by molar-refractivity contribution is 7.93. The molecule has 0 radical (unpaired) electrons. The third-order valence-corrected chi connectivity index (χ3v) is 15.9. The zero-order valence-electron chi connectivity index (χ0n) is 44.0. The quantitative estimate of drug-likeness (QED) is 0.0475. The summed E-state index contributed by atoms with van der Waals surface area (Å²) >= 11 is 0. The number of carbonyl (C=O) groups is 2. The number of ether oxygens (including phenoxy) is 8. The molecule has 0 amide bonds. The fraction of sp³-hybridized carbons (Fsp3) is 0.245. The van der Waals surface area contributed by atoms with Gasteiger partial charge in [0.15, 0.2) is 49.0 Å². The van der Waals surface area contributed by atoms with Crippen LogP contribution in [0.1, 0.15) is 38.2 Å². The number of aldehydes is 1. The smallest absolute Gasteiger partial charge is 0.339 e. The van der Waals surface area contributed by atoms with E-state index in [-0.39, 0.29) is 38.4 Å². The summed E-state index contributed by atoms with van der Waals surface area (Å²) in [5.74, 6) is -0.910. The largest absolute Gasteiger partial charge is 0.496 e. The maximum atomic E-state index is 12.9. The molecule has 0 saturated heterocycles. The van der Waals surface area contributed by atoms with Crippen molar-refractivity contribution in [3.63, 3.8) is 0 Å². The van der Waals surface area contributed by atoms with Crippen LogP contribution in [0.5, 0.6) is 57.5 Å². The number of hydrogen-bond donors (Lipinski definition) is 1. The van der Waals surface area contributed by atoms with Crippen LogP contribution in [0.2, 0.25) is 0 Å². The van der Waals surface area contributed by atoms with Crippen molar-refractivity contribution in [3.05, 3.63) is 148 Å². The molecule has 25 heteroatoms. The van der Waals surface area contributed by atoms with Crippen molar-refractivity contribution < 1.29 is 94.6 Å². The SMILES string of the molecule is COc1cc(OC)c(/C=C/S(=O)(=O)Cc2ccc(OC)c(OS(=O)(=O)c3ccc(C)cc3)c2)c(OC)c1.COc1cc(OC)c(C=O)c(OC)c1.COc1ccc(CS(=O)(=O)CC(=O)O)cc1OS(=O)(=O)c1ccc(C)cc1. The first-order valence-corrected chi connectivity index (χ1v) is 28.9. The summed E-state index contributed by atoms with van der Waals surface area (Å²) in [4.78, 5) is 21.3. The van der Waals surface area contributed by atoms with Crippen LogP contribution in [0.4, 0.5) is 0 Å². The van der Waals surface area contributed by atoms with Gasteiger partial charge in [-0.05, 0) is 79.6 Å². The third kappa shape index (κ3) is 17.8. The highest BCUT2D eigenvalue weighted by atomic mass is 32.2. The fourth-order valence-electron chi connectivity index (χ4n) is 6.79. The molecule has 0 unspecified atom stereocenters. The first kappa shape index (κ1) is 62.5. The van der Waals surface area contributed by atoms with Crippen LogP contribution in [-0.2, 0) is 56.2 Å². The third-order valence-electron chi connectivity index (χ3n) is 10.6. The second-order valence-electron chi connectivity index (χ2n) is 16.2. The molecule has 1 N–H and O–H groups in total. The molecule has 0 aliphatic heterocycles. The molecule has 0 spiro atoms. The Bertz CT molecular complexity index is 3490. The number of methoxy groups -OCH3 is 8. The van der Waals surface area contributed by atoms with Crippen LogP contribution >= 0.6 is 0 Å². The molecule has 0 saturated carbocycles. The Balaban J connectivity index is 0.000000278. The lowest BCUT2D eigenvalue weighted by molar-refractivity contribution is -0.134. The van der Waals surface area contributed by atoms with Crippen molar-refractivity contribution in [2.45, 2.75) is 35.1 Å². The number of rotatable bonds is 23. The highest BCUT2D eigenvalue weighted by Gasteiger charge is 2.24. The number of carbonyl (C=O) groups excluding carboxylic acids is 1. The Hall–Kier alpha value is -8.00. The predicted octanol–water partition coefficient (Wildman–Crippen LogP) is 7.68. The van der Waals surface area contributed by atoms with Gasteiger partial charge in [-0.25, -0.2) is 16.8 Å². The Morgan fingerprint density at radius 1 is 0.449 bits per heavy atom. The molecular weight excluding hydrogens is 1100 g/mol. The summed E-state index contributed by atoms with van der Waals surface area (Å²) in [5, 5.41) is 9.69. The van der Waals surface area contributed by atoms with E-state index < -0.39 is 63.1 Å². The molecule has 0 heterocycles. The second-order valence-corrected chi connectivity index (χ2v) is 23.3. The zero-order chi connectivity index (χ0) is 58.0. The minimum absolute atomic E-state index is 0.0384. The van der Waals surface area contributed by atoms with Gasteiger partial charge in [-0.1, -0.05) is 47.5 Å². The molecule has 6 aromatic carbocycles. The zero-order valence-corrected chi connectivity index (χ0v) is 47.3. The van der Waals surface area contributed by atoms with E-state index >= 15 is 0 Å². The Morgan fingerprint density at radius 2 is 0.808 bits per heavy atom. The summed E-state index contributed by atoms with van der Waals surface area (Å²) < 4.78 is 152. The number of aliphatic carboxylic acids is 1. The van der Waals surface area contributed by atoms with Crippen LogP contribution in [0.3, 0.4) is 0 Å². The van der Waals surface area contributed by atoms with Crippen LogP contribution < -0.4 is 46.3 Å². The van der Waals surface area contributed by atoms with Gasteiger partial charge in [0.1, 0.15) is 50.0 Å². The molecule has 420 valence electrons. The van der Waals surface area contributed by atoms with E-state index in [1.54, 1.807) is 55.5 Å². The standard InChI is InChI=1S/C26H28O9S2.C17H18O8S2.C10H12O4/c1-18-6-9-21(10-7-18)37(29,30)35-26-14-19(8-11-23(26)32-3)17-36(27,28)13-12-22-24(33-4)15-20(31-2)16-25(22)34-5;1-12-3-6-14(7-4-12)27(22,23)25-16-9-13(5-8-15(16)24-2)10-26(20,21)11-17(18)19;1-12-7-4-9(13-2)8(6-11)10(5-7)14-3/h6-16H,17H2,1-5H3;3-9H,10-11H2,1-2H3,(H,18,19);4-6H,1-3H3/b13-12+;;. The Morgan fingerprint density at radius 3 is 1.14 bits per heavy atom. The monoisotopic (exact) mass is 1160 g/mol. The molecule has 6 aromatic rings. The van der Waals surface area contributed by atoms with Crippen molar-refractivity contribution in [1.29, 1.82) is 0 Å². The van der Waals surface area contributed by atoms with Gasteiger partial charge < -0.3 is 51.4 Å². The first-order chi connectivity index (χ1) is 36.8. The minimum atomic E-state index is -4.17. The molecule has 21 nitrogen and oxygen atoms in total. The van der Waals surface area contributed by atoms with E-state index in [1.807, 2.05) is 6.92 Å². The average molecular weight is 1160 g/mol.